The molecule has 1 amide bonds. The largest absolute Gasteiger partial charge is 0.464 e. The van der Waals surface area contributed by atoms with Crippen LogP contribution in [0.15, 0.2) is 16.5 Å². The van der Waals surface area contributed by atoms with Gasteiger partial charge in [-0.2, -0.15) is 13.2 Å². The summed E-state index contributed by atoms with van der Waals surface area (Å²) in [7, 11) is 0. The van der Waals surface area contributed by atoms with Gasteiger partial charge < -0.3 is 14.6 Å². The van der Waals surface area contributed by atoms with Gasteiger partial charge in [-0.1, -0.05) is 0 Å². The van der Waals surface area contributed by atoms with Gasteiger partial charge in [0.05, 0.1) is 19.6 Å². The lowest BCUT2D eigenvalue weighted by atomic mass is 10.3. The fourth-order valence-corrected chi connectivity index (χ4v) is 1.71. The first-order valence-corrected chi connectivity index (χ1v) is 6.31. The molecule has 4 nitrogen and oxygen atoms in total. The first-order valence-electron chi connectivity index (χ1n) is 6.31. The number of nitrogens with zero attached hydrogens (tertiary/aromatic N) is 1. The number of furan rings is 1. The molecule has 0 saturated heterocycles. The standard InChI is InChI=1S/C13H19F3N2O2/c1-9(2)18(7-11-5-4-10(3)20-11)12(19)6-17-8-13(14,15)16/h4-5,9,17H,6-8H2,1-3H3. The van der Waals surface area contributed by atoms with Crippen LogP contribution in [0.25, 0.3) is 0 Å². The summed E-state index contributed by atoms with van der Waals surface area (Å²) in [6, 6.07) is 3.40. The average Bonchev–Trinajstić information content (AvgIpc) is 2.69. The fraction of sp³-hybridized carbons (Fsp3) is 0.615. The Morgan fingerprint density at radius 1 is 1.40 bits per heavy atom. The van der Waals surface area contributed by atoms with Crippen LogP contribution in [0.3, 0.4) is 0 Å². The molecule has 1 N–H and O–H groups in total. The van der Waals surface area contributed by atoms with Crippen LogP contribution in [0.2, 0.25) is 0 Å². The van der Waals surface area contributed by atoms with Gasteiger partial charge in [0.25, 0.3) is 0 Å². The van der Waals surface area contributed by atoms with Crippen molar-refractivity contribution in [1.29, 1.82) is 0 Å². The van der Waals surface area contributed by atoms with E-state index in [0.29, 0.717) is 5.76 Å². The third kappa shape index (κ3) is 5.64. The number of rotatable bonds is 6. The molecule has 0 radical (unpaired) electrons. The van der Waals surface area contributed by atoms with Gasteiger partial charge in [0.2, 0.25) is 5.91 Å². The summed E-state index contributed by atoms with van der Waals surface area (Å²) >= 11 is 0. The van der Waals surface area contributed by atoms with Crippen molar-refractivity contribution in [2.24, 2.45) is 0 Å². The number of nitrogens with one attached hydrogen (secondary N) is 1. The lowest BCUT2D eigenvalue weighted by molar-refractivity contribution is -0.136. The minimum atomic E-state index is -4.32. The Bertz CT molecular complexity index is 441. The fourth-order valence-electron chi connectivity index (χ4n) is 1.71. The van der Waals surface area contributed by atoms with E-state index in [-0.39, 0.29) is 19.1 Å². The van der Waals surface area contributed by atoms with E-state index >= 15 is 0 Å². The zero-order chi connectivity index (χ0) is 15.3. The molecule has 1 heterocycles. The van der Waals surface area contributed by atoms with E-state index in [2.05, 4.69) is 5.32 Å². The molecule has 0 spiro atoms. The van der Waals surface area contributed by atoms with E-state index in [1.165, 1.54) is 4.90 Å². The highest BCUT2D eigenvalue weighted by atomic mass is 19.4. The van der Waals surface area contributed by atoms with Crippen LogP contribution in [0.4, 0.5) is 13.2 Å². The molecule has 0 fully saturated rings. The molecule has 0 aliphatic rings. The third-order valence-electron chi connectivity index (χ3n) is 2.67. The summed E-state index contributed by atoms with van der Waals surface area (Å²) in [5, 5.41) is 2.10. The van der Waals surface area contributed by atoms with Crippen molar-refractivity contribution in [2.45, 2.75) is 39.5 Å². The Morgan fingerprint density at radius 3 is 2.50 bits per heavy atom. The van der Waals surface area contributed by atoms with Crippen LogP contribution in [-0.4, -0.2) is 36.1 Å². The minimum absolute atomic E-state index is 0.124. The molecule has 0 saturated carbocycles. The quantitative estimate of drug-likeness (QED) is 0.876. The van der Waals surface area contributed by atoms with Crippen LogP contribution in [0.5, 0.6) is 0 Å². The predicted molar refractivity (Wildman–Crippen MR) is 68.1 cm³/mol. The van der Waals surface area contributed by atoms with Crippen LogP contribution in [-0.2, 0) is 11.3 Å². The van der Waals surface area contributed by atoms with E-state index in [1.807, 2.05) is 0 Å². The highest BCUT2D eigenvalue weighted by molar-refractivity contribution is 5.78. The molecule has 0 bridgehead atoms. The highest BCUT2D eigenvalue weighted by Crippen LogP contribution is 2.13. The smallest absolute Gasteiger partial charge is 0.401 e. The van der Waals surface area contributed by atoms with Crippen molar-refractivity contribution in [1.82, 2.24) is 10.2 Å². The molecule has 0 atom stereocenters. The molecule has 20 heavy (non-hydrogen) atoms. The number of alkyl halides is 3. The maximum absolute atomic E-state index is 12.0. The summed E-state index contributed by atoms with van der Waals surface area (Å²) in [6.45, 7) is 4.12. The number of aryl methyl sites for hydroxylation is 1. The second kappa shape index (κ2) is 6.78. The van der Waals surface area contributed by atoms with Crippen molar-refractivity contribution in [3.8, 4) is 0 Å². The maximum atomic E-state index is 12.0. The van der Waals surface area contributed by atoms with Gasteiger partial charge in [-0.3, -0.25) is 4.79 Å². The molecule has 0 aliphatic heterocycles. The number of hydrogen-bond acceptors (Lipinski definition) is 3. The predicted octanol–water partition coefficient (Wildman–Crippen LogP) is 2.48. The van der Waals surface area contributed by atoms with Crippen LogP contribution in [0.1, 0.15) is 25.4 Å². The minimum Gasteiger partial charge on any atom is -0.464 e. The SMILES string of the molecule is Cc1ccc(CN(C(=O)CNCC(F)(F)F)C(C)C)o1. The molecule has 0 aromatic carbocycles. The van der Waals surface area contributed by atoms with Gasteiger partial charge in [0.1, 0.15) is 11.5 Å². The molecule has 0 unspecified atom stereocenters. The van der Waals surface area contributed by atoms with Gasteiger partial charge in [0, 0.05) is 6.04 Å². The van der Waals surface area contributed by atoms with E-state index in [9.17, 15) is 18.0 Å². The summed E-state index contributed by atoms with van der Waals surface area (Å²) in [5.41, 5.74) is 0. The number of amides is 1. The van der Waals surface area contributed by atoms with E-state index in [4.69, 9.17) is 4.42 Å². The molecule has 1 aromatic rings. The molecule has 1 aromatic heterocycles. The zero-order valence-corrected chi connectivity index (χ0v) is 11.8. The number of hydrogen-bond donors (Lipinski definition) is 1. The number of carbonyl (C=O) groups is 1. The Morgan fingerprint density at radius 2 is 2.05 bits per heavy atom. The topological polar surface area (TPSA) is 45.5 Å². The molecule has 114 valence electrons. The van der Waals surface area contributed by atoms with Gasteiger partial charge in [-0.05, 0) is 32.9 Å². The van der Waals surface area contributed by atoms with Crippen LogP contribution < -0.4 is 5.32 Å². The Hall–Kier alpha value is -1.50. The van der Waals surface area contributed by atoms with E-state index in [0.717, 1.165) is 5.76 Å². The van der Waals surface area contributed by atoms with Crippen molar-refractivity contribution < 1.29 is 22.4 Å². The van der Waals surface area contributed by atoms with Crippen LogP contribution in [0, 0.1) is 6.92 Å². The van der Waals surface area contributed by atoms with Gasteiger partial charge in [0.15, 0.2) is 0 Å². The van der Waals surface area contributed by atoms with Crippen molar-refractivity contribution in [2.75, 3.05) is 13.1 Å². The summed E-state index contributed by atoms with van der Waals surface area (Å²) in [5.74, 6) is 0.949. The average molecular weight is 292 g/mol. The zero-order valence-electron chi connectivity index (χ0n) is 11.8. The first kappa shape index (κ1) is 16.6. The number of carbonyl (C=O) groups excluding carboxylic acids is 1. The second-order valence-electron chi connectivity index (χ2n) is 4.85. The Balaban J connectivity index is 2.55. The van der Waals surface area contributed by atoms with Gasteiger partial charge in [-0.25, -0.2) is 0 Å². The molecule has 7 heteroatoms. The van der Waals surface area contributed by atoms with Crippen LogP contribution >= 0.6 is 0 Å². The lowest BCUT2D eigenvalue weighted by Crippen LogP contribution is -2.43. The lowest BCUT2D eigenvalue weighted by Gasteiger charge is -2.26. The normalized spacial score (nSPS) is 11.9. The Labute approximate surface area is 115 Å². The summed E-state index contributed by atoms with van der Waals surface area (Å²) in [6.07, 6.45) is -4.32. The molecular formula is C13H19F3N2O2. The molecular weight excluding hydrogens is 273 g/mol. The maximum Gasteiger partial charge on any atom is 0.401 e. The van der Waals surface area contributed by atoms with Crippen molar-refractivity contribution in [3.05, 3.63) is 23.7 Å². The van der Waals surface area contributed by atoms with Crippen molar-refractivity contribution in [3.63, 3.8) is 0 Å². The Kier molecular flexibility index (Phi) is 5.62. The highest BCUT2D eigenvalue weighted by Gasteiger charge is 2.27. The monoisotopic (exact) mass is 292 g/mol. The second-order valence-corrected chi connectivity index (χ2v) is 4.85. The van der Waals surface area contributed by atoms with E-state index in [1.54, 1.807) is 32.9 Å². The first-order chi connectivity index (χ1) is 9.19. The summed E-state index contributed by atoms with van der Waals surface area (Å²) in [4.78, 5) is 13.4. The van der Waals surface area contributed by atoms with E-state index < -0.39 is 18.6 Å². The van der Waals surface area contributed by atoms with Gasteiger partial charge >= 0.3 is 6.18 Å². The molecule has 0 aliphatic carbocycles. The molecule has 1 rings (SSSR count). The van der Waals surface area contributed by atoms with Gasteiger partial charge in [-0.15, -0.1) is 0 Å². The summed E-state index contributed by atoms with van der Waals surface area (Å²) < 4.78 is 41.4. The third-order valence-corrected chi connectivity index (χ3v) is 2.67. The number of halogens is 3. The van der Waals surface area contributed by atoms with Crippen molar-refractivity contribution >= 4 is 5.91 Å².